The second-order valence-corrected chi connectivity index (χ2v) is 9.52. The Morgan fingerprint density at radius 1 is 1.06 bits per heavy atom. The van der Waals surface area contributed by atoms with Gasteiger partial charge in [-0.1, -0.05) is 68.4 Å². The predicted octanol–water partition coefficient (Wildman–Crippen LogP) is 2.41. The van der Waals surface area contributed by atoms with E-state index in [1.807, 2.05) is 68.4 Å². The molecule has 0 spiro atoms. The maximum Gasteiger partial charge on any atom is 0.246 e. The number of hydrogen-bond acceptors (Lipinski definition) is 4. The van der Waals surface area contributed by atoms with Gasteiger partial charge in [-0.25, -0.2) is 4.98 Å². The molecule has 3 N–H and O–H groups in total. The molecule has 4 rings (SSSR count). The number of carbonyl (C=O) groups excluding carboxylic acids is 3. The summed E-state index contributed by atoms with van der Waals surface area (Å²) >= 11 is 0. The molecule has 1 aliphatic rings. The molecule has 2 aromatic carbocycles. The maximum absolute atomic E-state index is 13.8. The molecule has 2 heterocycles. The molecule has 0 bridgehead atoms. The monoisotopic (exact) mass is 487 g/mol. The molecule has 2 atom stereocenters. The molecule has 0 aliphatic carbocycles. The van der Waals surface area contributed by atoms with Crippen LogP contribution in [0.1, 0.15) is 36.2 Å². The van der Waals surface area contributed by atoms with Crippen LogP contribution in [0.5, 0.6) is 0 Å². The third-order valence-electron chi connectivity index (χ3n) is 6.55. The molecule has 36 heavy (non-hydrogen) atoms. The second kappa shape index (κ2) is 11.7. The average molecular weight is 488 g/mol. The lowest BCUT2D eigenvalue weighted by Crippen LogP contribution is -2.59. The summed E-state index contributed by atoms with van der Waals surface area (Å²) in [7, 11) is 0. The summed E-state index contributed by atoms with van der Waals surface area (Å²) in [6, 6.07) is 16.5. The van der Waals surface area contributed by atoms with Gasteiger partial charge in [-0.05, 0) is 29.0 Å². The highest BCUT2D eigenvalue weighted by Gasteiger charge is 2.38. The number of amides is 3. The number of hydrogen-bond donors (Lipinski definition) is 3. The molecule has 0 fully saturated rings. The minimum absolute atomic E-state index is 0.0999. The van der Waals surface area contributed by atoms with Crippen LogP contribution in [0.2, 0.25) is 0 Å². The Kier molecular flexibility index (Phi) is 8.15. The summed E-state index contributed by atoms with van der Waals surface area (Å²) in [5.41, 5.74) is 3.89. The van der Waals surface area contributed by atoms with Gasteiger partial charge in [0.25, 0.3) is 0 Å². The van der Waals surface area contributed by atoms with Crippen LogP contribution >= 0.6 is 0 Å². The summed E-state index contributed by atoms with van der Waals surface area (Å²) in [4.78, 5) is 48.3. The molecule has 0 radical (unpaired) electrons. The molecule has 3 amide bonds. The van der Waals surface area contributed by atoms with E-state index in [4.69, 9.17) is 0 Å². The van der Waals surface area contributed by atoms with E-state index in [0.29, 0.717) is 31.6 Å². The number of nitrogens with zero attached hydrogens (tertiary/aromatic N) is 2. The van der Waals surface area contributed by atoms with Crippen molar-refractivity contribution in [2.45, 2.75) is 51.7 Å². The smallest absolute Gasteiger partial charge is 0.246 e. The van der Waals surface area contributed by atoms with Crippen LogP contribution in [0.3, 0.4) is 0 Å². The molecule has 1 aliphatic heterocycles. The fourth-order valence-electron chi connectivity index (χ4n) is 4.55. The van der Waals surface area contributed by atoms with Crippen LogP contribution in [0.25, 0.3) is 0 Å². The van der Waals surface area contributed by atoms with Crippen molar-refractivity contribution >= 4 is 17.7 Å². The van der Waals surface area contributed by atoms with Crippen molar-refractivity contribution in [3.05, 3.63) is 89.5 Å². The Balaban J connectivity index is 1.49. The molecular formula is C28H33N5O3. The molecule has 188 valence electrons. The van der Waals surface area contributed by atoms with E-state index in [1.165, 1.54) is 6.33 Å². The van der Waals surface area contributed by atoms with Crippen LogP contribution in [-0.2, 0) is 40.2 Å². The van der Waals surface area contributed by atoms with Gasteiger partial charge in [0.2, 0.25) is 17.7 Å². The van der Waals surface area contributed by atoms with E-state index >= 15 is 0 Å². The van der Waals surface area contributed by atoms with Crippen LogP contribution < -0.4 is 10.6 Å². The lowest BCUT2D eigenvalue weighted by Gasteiger charge is -2.38. The van der Waals surface area contributed by atoms with Gasteiger partial charge in [0.05, 0.1) is 12.7 Å². The summed E-state index contributed by atoms with van der Waals surface area (Å²) in [6.45, 7) is 4.60. The van der Waals surface area contributed by atoms with Gasteiger partial charge in [0, 0.05) is 31.4 Å². The number of fused-ring (bicyclic) bond motifs is 1. The highest BCUT2D eigenvalue weighted by atomic mass is 16.2. The highest BCUT2D eigenvalue weighted by molar-refractivity contribution is 5.93. The van der Waals surface area contributed by atoms with Crippen molar-refractivity contribution in [2.75, 3.05) is 6.54 Å². The first-order chi connectivity index (χ1) is 17.4. The Morgan fingerprint density at radius 3 is 2.47 bits per heavy atom. The molecule has 3 aromatic rings. The quantitative estimate of drug-likeness (QED) is 0.431. The van der Waals surface area contributed by atoms with E-state index < -0.39 is 12.1 Å². The minimum atomic E-state index is -0.745. The van der Waals surface area contributed by atoms with Crippen molar-refractivity contribution in [2.24, 2.45) is 5.92 Å². The lowest BCUT2D eigenvalue weighted by molar-refractivity contribution is -0.145. The first kappa shape index (κ1) is 25.2. The Bertz CT molecular complexity index is 1180. The molecule has 8 nitrogen and oxygen atoms in total. The Morgan fingerprint density at radius 2 is 1.78 bits per heavy atom. The van der Waals surface area contributed by atoms with Gasteiger partial charge < -0.3 is 20.5 Å². The number of carbonyl (C=O) groups is 3. The minimum Gasteiger partial charge on any atom is -0.354 e. The first-order valence-electron chi connectivity index (χ1n) is 12.4. The number of rotatable bonds is 9. The predicted molar refractivity (Wildman–Crippen MR) is 137 cm³/mol. The number of nitrogens with one attached hydrogen (secondary N) is 3. The van der Waals surface area contributed by atoms with E-state index in [-0.39, 0.29) is 30.1 Å². The van der Waals surface area contributed by atoms with Gasteiger partial charge in [0.1, 0.15) is 12.1 Å². The number of benzene rings is 2. The zero-order valence-corrected chi connectivity index (χ0v) is 20.7. The molecule has 0 saturated carbocycles. The number of aromatic amines is 1. The summed E-state index contributed by atoms with van der Waals surface area (Å²) in [5, 5.41) is 5.91. The van der Waals surface area contributed by atoms with Crippen LogP contribution in [0.15, 0.2) is 67.1 Å². The van der Waals surface area contributed by atoms with Crippen LogP contribution in [0.4, 0.5) is 0 Å². The third kappa shape index (κ3) is 6.19. The normalized spacial score (nSPS) is 15.8. The average Bonchev–Trinajstić information content (AvgIpc) is 3.39. The molecular weight excluding hydrogens is 454 g/mol. The largest absolute Gasteiger partial charge is 0.354 e. The SMILES string of the molecule is CC(C)[C@H](NC(=O)Cc1cnc[nH]1)C(=O)N1Cc2ccccc2C[C@H]1C(=O)NCCc1ccccc1. The second-order valence-electron chi connectivity index (χ2n) is 9.52. The molecule has 0 saturated heterocycles. The summed E-state index contributed by atoms with van der Waals surface area (Å²) < 4.78 is 0. The van der Waals surface area contributed by atoms with Crippen molar-refractivity contribution in [1.29, 1.82) is 0 Å². The van der Waals surface area contributed by atoms with E-state index in [2.05, 4.69) is 20.6 Å². The van der Waals surface area contributed by atoms with Crippen molar-refractivity contribution < 1.29 is 14.4 Å². The van der Waals surface area contributed by atoms with E-state index in [1.54, 1.807) is 11.1 Å². The summed E-state index contributed by atoms with van der Waals surface area (Å²) in [6.07, 6.45) is 4.35. The highest BCUT2D eigenvalue weighted by Crippen LogP contribution is 2.25. The van der Waals surface area contributed by atoms with Gasteiger partial charge >= 0.3 is 0 Å². The fourth-order valence-corrected chi connectivity index (χ4v) is 4.55. The summed E-state index contributed by atoms with van der Waals surface area (Å²) in [5.74, 6) is -0.851. The first-order valence-corrected chi connectivity index (χ1v) is 12.4. The topological polar surface area (TPSA) is 107 Å². The molecule has 0 unspecified atom stereocenters. The van der Waals surface area contributed by atoms with Crippen molar-refractivity contribution in [3.8, 4) is 0 Å². The molecule has 8 heteroatoms. The van der Waals surface area contributed by atoms with Gasteiger partial charge in [-0.15, -0.1) is 0 Å². The van der Waals surface area contributed by atoms with Crippen molar-refractivity contribution in [1.82, 2.24) is 25.5 Å². The van der Waals surface area contributed by atoms with Crippen molar-refractivity contribution in [3.63, 3.8) is 0 Å². The number of H-pyrrole nitrogens is 1. The molecule has 1 aromatic heterocycles. The standard InChI is InChI=1S/C28H33N5O3/c1-19(2)26(32-25(34)15-23-16-29-18-31-23)28(36)33-17-22-11-7-6-10-21(22)14-24(33)27(35)30-13-12-20-8-4-3-5-9-20/h3-11,16,18-19,24,26H,12-15,17H2,1-2H3,(H,29,31)(H,30,35)(H,32,34)/t24-,26-/m0/s1. The third-order valence-corrected chi connectivity index (χ3v) is 6.55. The number of imidazole rings is 1. The van der Waals surface area contributed by atoms with Gasteiger partial charge in [-0.2, -0.15) is 0 Å². The number of aromatic nitrogens is 2. The van der Waals surface area contributed by atoms with Crippen LogP contribution in [0, 0.1) is 5.92 Å². The zero-order chi connectivity index (χ0) is 25.5. The van der Waals surface area contributed by atoms with Crippen LogP contribution in [-0.4, -0.2) is 51.2 Å². The lowest BCUT2D eigenvalue weighted by atomic mass is 9.91. The van der Waals surface area contributed by atoms with Gasteiger partial charge in [-0.3, -0.25) is 14.4 Å². The van der Waals surface area contributed by atoms with E-state index in [0.717, 1.165) is 16.7 Å². The Labute approximate surface area is 211 Å². The maximum atomic E-state index is 13.8. The van der Waals surface area contributed by atoms with Gasteiger partial charge in [0.15, 0.2) is 0 Å². The zero-order valence-electron chi connectivity index (χ0n) is 20.7. The fraction of sp³-hybridized carbons (Fsp3) is 0.357. The Hall–Kier alpha value is -3.94. The van der Waals surface area contributed by atoms with E-state index in [9.17, 15) is 14.4 Å².